The molecule has 1 aliphatic heterocycles. The Labute approximate surface area is 136 Å². The second kappa shape index (κ2) is 6.50. The van der Waals surface area contributed by atoms with Crippen LogP contribution in [0, 0.1) is 5.92 Å². The summed E-state index contributed by atoms with van der Waals surface area (Å²) in [5.74, 6) is -0.288. The number of Topliss-reactive ketones (excluding diaryl/α,β-unsaturated/α-hetero) is 1. The van der Waals surface area contributed by atoms with Crippen LogP contribution in [0.3, 0.4) is 0 Å². The van der Waals surface area contributed by atoms with Crippen LogP contribution in [0.15, 0.2) is 35.7 Å². The van der Waals surface area contributed by atoms with Gasteiger partial charge in [0.25, 0.3) is 0 Å². The van der Waals surface area contributed by atoms with Crippen molar-refractivity contribution in [2.75, 3.05) is 13.2 Å². The zero-order valence-corrected chi connectivity index (χ0v) is 13.2. The second-order valence-corrected chi connectivity index (χ2v) is 6.36. The summed E-state index contributed by atoms with van der Waals surface area (Å²) in [4.78, 5) is 24.5. The van der Waals surface area contributed by atoms with E-state index in [1.165, 1.54) is 11.3 Å². The summed E-state index contributed by atoms with van der Waals surface area (Å²) in [5, 5.41) is 2.41. The number of ether oxygens (including phenoxy) is 2. The Morgan fingerprint density at radius 1 is 1.36 bits per heavy atom. The fourth-order valence-corrected chi connectivity index (χ4v) is 3.12. The van der Waals surface area contributed by atoms with E-state index in [2.05, 4.69) is 0 Å². The summed E-state index contributed by atoms with van der Waals surface area (Å²) in [7, 11) is 0. The SMILES string of the molecule is O=C(COC(=O)[C@H]1COc2ccc(Cl)cc2C1)c1cccs1. The van der Waals surface area contributed by atoms with Gasteiger partial charge in [0.2, 0.25) is 5.78 Å². The van der Waals surface area contributed by atoms with Gasteiger partial charge < -0.3 is 9.47 Å². The van der Waals surface area contributed by atoms with Crippen molar-refractivity contribution in [3.8, 4) is 5.75 Å². The summed E-state index contributed by atoms with van der Waals surface area (Å²) in [6.45, 7) is 0.0128. The van der Waals surface area contributed by atoms with E-state index >= 15 is 0 Å². The van der Waals surface area contributed by atoms with Crippen LogP contribution in [-0.4, -0.2) is 25.0 Å². The zero-order chi connectivity index (χ0) is 15.5. The van der Waals surface area contributed by atoms with Gasteiger partial charge in [0.05, 0.1) is 10.8 Å². The molecular weight excluding hydrogens is 324 g/mol. The Morgan fingerprint density at radius 2 is 2.23 bits per heavy atom. The van der Waals surface area contributed by atoms with Crippen molar-refractivity contribution in [1.29, 1.82) is 0 Å². The Morgan fingerprint density at radius 3 is 3.00 bits per heavy atom. The van der Waals surface area contributed by atoms with Crippen LogP contribution < -0.4 is 4.74 Å². The Bertz CT molecular complexity index is 696. The molecule has 1 aromatic heterocycles. The predicted molar refractivity (Wildman–Crippen MR) is 83.7 cm³/mol. The van der Waals surface area contributed by atoms with E-state index in [1.54, 1.807) is 30.3 Å². The molecule has 2 heterocycles. The molecule has 3 rings (SSSR count). The van der Waals surface area contributed by atoms with Gasteiger partial charge in [0.1, 0.15) is 12.4 Å². The fraction of sp³-hybridized carbons (Fsp3) is 0.250. The molecule has 0 amide bonds. The first-order valence-corrected chi connectivity index (χ1v) is 8.04. The maximum absolute atomic E-state index is 12.1. The fourth-order valence-electron chi connectivity index (χ4n) is 2.28. The number of fused-ring (bicyclic) bond motifs is 1. The van der Waals surface area contributed by atoms with Crippen molar-refractivity contribution in [1.82, 2.24) is 0 Å². The van der Waals surface area contributed by atoms with Gasteiger partial charge in [-0.25, -0.2) is 0 Å². The quantitative estimate of drug-likeness (QED) is 0.634. The third-order valence-electron chi connectivity index (χ3n) is 3.40. The molecule has 1 aliphatic rings. The molecule has 0 saturated heterocycles. The molecular formula is C16H13ClO4S. The number of hydrogen-bond acceptors (Lipinski definition) is 5. The number of benzene rings is 1. The van der Waals surface area contributed by atoms with Crippen LogP contribution >= 0.6 is 22.9 Å². The smallest absolute Gasteiger partial charge is 0.313 e. The molecule has 0 saturated carbocycles. The van der Waals surface area contributed by atoms with Crippen LogP contribution in [0.5, 0.6) is 5.75 Å². The highest BCUT2D eigenvalue weighted by Crippen LogP contribution is 2.30. The normalized spacial score (nSPS) is 16.5. The van der Waals surface area contributed by atoms with Gasteiger partial charge in [0.15, 0.2) is 6.61 Å². The molecule has 4 nitrogen and oxygen atoms in total. The molecule has 1 atom stereocenters. The highest BCUT2D eigenvalue weighted by molar-refractivity contribution is 7.12. The van der Waals surface area contributed by atoms with E-state index in [1.807, 2.05) is 5.38 Å². The average Bonchev–Trinajstić information content (AvgIpc) is 3.06. The van der Waals surface area contributed by atoms with Crippen molar-refractivity contribution in [2.45, 2.75) is 6.42 Å². The van der Waals surface area contributed by atoms with E-state index in [0.717, 1.165) is 11.3 Å². The Hall–Kier alpha value is -1.85. The molecule has 114 valence electrons. The van der Waals surface area contributed by atoms with E-state index in [0.29, 0.717) is 16.3 Å². The van der Waals surface area contributed by atoms with Gasteiger partial charge in [0, 0.05) is 5.02 Å². The lowest BCUT2D eigenvalue weighted by Crippen LogP contribution is -2.30. The molecule has 1 aromatic carbocycles. The molecule has 0 N–H and O–H groups in total. The van der Waals surface area contributed by atoms with Gasteiger partial charge >= 0.3 is 5.97 Å². The highest BCUT2D eigenvalue weighted by Gasteiger charge is 2.28. The van der Waals surface area contributed by atoms with Gasteiger partial charge in [-0.2, -0.15) is 0 Å². The number of ketones is 1. The van der Waals surface area contributed by atoms with Crippen LogP contribution in [0.1, 0.15) is 15.2 Å². The van der Waals surface area contributed by atoms with E-state index in [9.17, 15) is 9.59 Å². The Balaban J connectivity index is 1.58. The molecule has 0 bridgehead atoms. The zero-order valence-electron chi connectivity index (χ0n) is 11.6. The summed E-state index contributed by atoms with van der Waals surface area (Å²) >= 11 is 7.28. The molecule has 0 aliphatic carbocycles. The van der Waals surface area contributed by atoms with Gasteiger partial charge in [-0.15, -0.1) is 11.3 Å². The van der Waals surface area contributed by atoms with Crippen molar-refractivity contribution < 1.29 is 19.1 Å². The molecule has 22 heavy (non-hydrogen) atoms. The molecule has 6 heteroatoms. The number of halogens is 1. The summed E-state index contributed by atoms with van der Waals surface area (Å²) < 4.78 is 10.7. The maximum Gasteiger partial charge on any atom is 0.313 e. The number of carbonyl (C=O) groups excluding carboxylic acids is 2. The Kier molecular flexibility index (Phi) is 4.45. The minimum atomic E-state index is -0.421. The van der Waals surface area contributed by atoms with E-state index in [4.69, 9.17) is 21.1 Å². The predicted octanol–water partition coefficient (Wildman–Crippen LogP) is 3.38. The number of carbonyl (C=O) groups is 2. The van der Waals surface area contributed by atoms with Gasteiger partial charge in [-0.3, -0.25) is 9.59 Å². The molecule has 0 fully saturated rings. The second-order valence-electron chi connectivity index (χ2n) is 4.97. The molecule has 0 unspecified atom stereocenters. The van der Waals surface area contributed by atoms with Gasteiger partial charge in [-0.1, -0.05) is 17.7 Å². The average molecular weight is 337 g/mol. The molecule has 2 aromatic rings. The third kappa shape index (κ3) is 3.31. The van der Waals surface area contributed by atoms with Crippen LogP contribution in [0.4, 0.5) is 0 Å². The monoisotopic (exact) mass is 336 g/mol. The molecule has 0 radical (unpaired) electrons. The number of rotatable bonds is 4. The van der Waals surface area contributed by atoms with Crippen LogP contribution in [0.2, 0.25) is 5.02 Å². The lowest BCUT2D eigenvalue weighted by molar-refractivity contribution is -0.148. The van der Waals surface area contributed by atoms with Crippen LogP contribution in [-0.2, 0) is 16.0 Å². The van der Waals surface area contributed by atoms with Crippen LogP contribution in [0.25, 0.3) is 0 Å². The van der Waals surface area contributed by atoms with Crippen molar-refractivity contribution in [3.63, 3.8) is 0 Å². The maximum atomic E-state index is 12.1. The number of esters is 1. The minimum absolute atomic E-state index is 0.191. The summed E-state index contributed by atoms with van der Waals surface area (Å²) in [6.07, 6.45) is 0.502. The van der Waals surface area contributed by atoms with Gasteiger partial charge in [-0.05, 0) is 41.6 Å². The highest BCUT2D eigenvalue weighted by atomic mass is 35.5. The first kappa shape index (κ1) is 15.1. The lowest BCUT2D eigenvalue weighted by Gasteiger charge is -2.24. The van der Waals surface area contributed by atoms with Crippen molar-refractivity contribution in [2.24, 2.45) is 5.92 Å². The first-order valence-electron chi connectivity index (χ1n) is 6.78. The number of thiophene rings is 1. The first-order chi connectivity index (χ1) is 10.6. The number of hydrogen-bond donors (Lipinski definition) is 0. The summed E-state index contributed by atoms with van der Waals surface area (Å²) in [6, 6.07) is 8.82. The third-order valence-corrected chi connectivity index (χ3v) is 4.55. The topological polar surface area (TPSA) is 52.6 Å². The summed E-state index contributed by atoms with van der Waals surface area (Å²) in [5.41, 5.74) is 0.880. The molecule has 0 spiro atoms. The van der Waals surface area contributed by atoms with E-state index < -0.39 is 11.9 Å². The van der Waals surface area contributed by atoms with Crippen molar-refractivity contribution >= 4 is 34.7 Å². The largest absolute Gasteiger partial charge is 0.492 e. The lowest BCUT2D eigenvalue weighted by atomic mass is 9.97. The van der Waals surface area contributed by atoms with Crippen molar-refractivity contribution in [3.05, 3.63) is 51.2 Å². The van der Waals surface area contributed by atoms with E-state index in [-0.39, 0.29) is 19.0 Å². The minimum Gasteiger partial charge on any atom is -0.492 e. The standard InChI is InChI=1S/C16H13ClO4S/c17-12-3-4-14-10(7-12)6-11(8-20-14)16(19)21-9-13(18)15-2-1-5-22-15/h1-5,7,11H,6,8-9H2/t11-/m1/s1.